The molecule has 1 aliphatic heterocycles. The van der Waals surface area contributed by atoms with Gasteiger partial charge < -0.3 is 14.7 Å². The average molecular weight is 404 g/mol. The first-order chi connectivity index (χ1) is 13.5. The van der Waals surface area contributed by atoms with Gasteiger partial charge in [-0.25, -0.2) is 15.0 Å². The maximum atomic E-state index is 12.9. The Kier molecular flexibility index (Phi) is 6.35. The lowest BCUT2D eigenvalue weighted by molar-refractivity contribution is 0.0529. The molecule has 0 radical (unpaired) electrons. The van der Waals surface area contributed by atoms with E-state index in [1.807, 2.05) is 18.7 Å². The monoisotopic (exact) mass is 403 g/mol. The van der Waals surface area contributed by atoms with E-state index in [9.17, 15) is 9.59 Å². The lowest BCUT2D eigenvalue weighted by Gasteiger charge is -2.34. The fraction of sp³-hybridized carbons (Fsp3) is 0.444. The molecule has 28 heavy (non-hydrogen) atoms. The van der Waals surface area contributed by atoms with E-state index in [4.69, 9.17) is 11.6 Å². The summed E-state index contributed by atoms with van der Waals surface area (Å²) in [5, 5.41) is 0.221. The second-order valence-electron chi connectivity index (χ2n) is 6.21. The van der Waals surface area contributed by atoms with Crippen LogP contribution in [-0.2, 0) is 0 Å². The van der Waals surface area contributed by atoms with Gasteiger partial charge in [-0.15, -0.1) is 0 Å². The van der Waals surface area contributed by atoms with Crippen molar-refractivity contribution in [1.82, 2.24) is 29.7 Å². The van der Waals surface area contributed by atoms with Gasteiger partial charge in [-0.3, -0.25) is 14.6 Å². The second kappa shape index (κ2) is 8.92. The first-order valence-electron chi connectivity index (χ1n) is 9.17. The van der Waals surface area contributed by atoms with E-state index in [0.29, 0.717) is 37.8 Å². The van der Waals surface area contributed by atoms with Crippen LogP contribution in [0.4, 0.5) is 5.95 Å². The Morgan fingerprint density at radius 2 is 1.64 bits per heavy atom. The van der Waals surface area contributed by atoms with Crippen molar-refractivity contribution in [2.45, 2.75) is 13.8 Å². The molecule has 1 saturated heterocycles. The number of amides is 2. The van der Waals surface area contributed by atoms with Crippen molar-refractivity contribution in [2.75, 3.05) is 44.2 Å². The number of piperazine rings is 1. The number of hydrogen-bond acceptors (Lipinski definition) is 7. The summed E-state index contributed by atoms with van der Waals surface area (Å²) in [5.41, 5.74) is 0.484. The molecule has 0 spiro atoms. The summed E-state index contributed by atoms with van der Waals surface area (Å²) in [4.78, 5) is 47.2. The van der Waals surface area contributed by atoms with Crippen molar-refractivity contribution in [3.05, 3.63) is 41.2 Å². The summed E-state index contributed by atoms with van der Waals surface area (Å²) in [7, 11) is 0. The summed E-state index contributed by atoms with van der Waals surface area (Å²) in [6, 6.07) is 0. The van der Waals surface area contributed by atoms with Gasteiger partial charge in [-0.05, 0) is 13.8 Å². The van der Waals surface area contributed by atoms with Gasteiger partial charge in [0.15, 0.2) is 5.69 Å². The lowest BCUT2D eigenvalue weighted by Crippen LogP contribution is -2.51. The van der Waals surface area contributed by atoms with Crippen LogP contribution in [0.3, 0.4) is 0 Å². The number of rotatable bonds is 5. The third kappa shape index (κ3) is 4.19. The minimum Gasteiger partial charge on any atom is -0.341 e. The van der Waals surface area contributed by atoms with Crippen molar-refractivity contribution in [2.24, 2.45) is 0 Å². The minimum absolute atomic E-state index is 0.187. The number of aromatic nitrogens is 4. The number of halogens is 1. The summed E-state index contributed by atoms with van der Waals surface area (Å²) < 4.78 is 0. The van der Waals surface area contributed by atoms with E-state index >= 15 is 0 Å². The molecule has 0 atom stereocenters. The Bertz CT molecular complexity index is 837. The van der Waals surface area contributed by atoms with Crippen LogP contribution in [-0.4, -0.2) is 80.8 Å². The molecule has 0 unspecified atom stereocenters. The molecule has 1 fully saturated rings. The molecule has 3 heterocycles. The second-order valence-corrected chi connectivity index (χ2v) is 6.62. The molecule has 3 rings (SSSR count). The number of carbonyl (C=O) groups is 2. The third-order valence-corrected chi connectivity index (χ3v) is 4.89. The molecule has 9 nitrogen and oxygen atoms in total. The SMILES string of the molecule is CCN(CC)c1ncc(Cl)c(C(=O)N2CCN(C(=O)c3cnccn3)CC2)n1. The molecular formula is C18H22ClN7O2. The topological polar surface area (TPSA) is 95.4 Å². The van der Waals surface area contributed by atoms with Crippen LogP contribution in [0.1, 0.15) is 34.8 Å². The van der Waals surface area contributed by atoms with E-state index in [1.54, 1.807) is 9.80 Å². The maximum absolute atomic E-state index is 12.9. The Morgan fingerprint density at radius 3 is 2.21 bits per heavy atom. The largest absolute Gasteiger partial charge is 0.341 e. The average Bonchev–Trinajstić information content (AvgIpc) is 2.75. The Labute approximate surface area is 168 Å². The van der Waals surface area contributed by atoms with Gasteiger partial charge in [0.1, 0.15) is 5.69 Å². The highest BCUT2D eigenvalue weighted by Gasteiger charge is 2.28. The molecule has 148 valence electrons. The highest BCUT2D eigenvalue weighted by atomic mass is 35.5. The summed E-state index contributed by atoms with van der Waals surface area (Å²) in [6.07, 6.45) is 5.90. The van der Waals surface area contributed by atoms with E-state index in [-0.39, 0.29) is 22.5 Å². The molecule has 2 aromatic rings. The quantitative estimate of drug-likeness (QED) is 0.743. The normalized spacial score (nSPS) is 14.1. The van der Waals surface area contributed by atoms with Crippen molar-refractivity contribution in [3.63, 3.8) is 0 Å². The minimum atomic E-state index is -0.257. The van der Waals surface area contributed by atoms with E-state index in [1.165, 1.54) is 24.8 Å². The molecule has 0 aliphatic carbocycles. The number of carbonyl (C=O) groups excluding carboxylic acids is 2. The van der Waals surface area contributed by atoms with Gasteiger partial charge in [0, 0.05) is 51.7 Å². The fourth-order valence-electron chi connectivity index (χ4n) is 3.00. The molecule has 0 saturated carbocycles. The smallest absolute Gasteiger partial charge is 0.274 e. The predicted molar refractivity (Wildman–Crippen MR) is 104 cm³/mol. The molecule has 10 heteroatoms. The molecule has 0 bridgehead atoms. The number of nitrogens with zero attached hydrogens (tertiary/aromatic N) is 7. The van der Waals surface area contributed by atoms with Crippen LogP contribution in [0.2, 0.25) is 5.02 Å². The molecule has 0 N–H and O–H groups in total. The number of anilines is 1. The summed E-state index contributed by atoms with van der Waals surface area (Å²) >= 11 is 6.19. The van der Waals surface area contributed by atoms with Gasteiger partial charge >= 0.3 is 0 Å². The van der Waals surface area contributed by atoms with E-state index in [2.05, 4.69) is 19.9 Å². The highest BCUT2D eigenvalue weighted by Crippen LogP contribution is 2.19. The zero-order valence-corrected chi connectivity index (χ0v) is 16.6. The van der Waals surface area contributed by atoms with Gasteiger partial charge in [0.25, 0.3) is 11.8 Å². The highest BCUT2D eigenvalue weighted by molar-refractivity contribution is 6.33. The molecule has 2 aromatic heterocycles. The zero-order valence-electron chi connectivity index (χ0n) is 15.9. The molecule has 2 amide bonds. The van der Waals surface area contributed by atoms with Gasteiger partial charge in [-0.2, -0.15) is 0 Å². The van der Waals surface area contributed by atoms with Crippen LogP contribution in [0.15, 0.2) is 24.8 Å². The maximum Gasteiger partial charge on any atom is 0.274 e. The lowest BCUT2D eigenvalue weighted by atomic mass is 10.2. The summed E-state index contributed by atoms with van der Waals surface area (Å²) in [6.45, 7) is 7.06. The zero-order chi connectivity index (χ0) is 20.1. The first-order valence-corrected chi connectivity index (χ1v) is 9.55. The van der Waals surface area contributed by atoms with Crippen molar-refractivity contribution in [1.29, 1.82) is 0 Å². The Morgan fingerprint density at radius 1 is 1.00 bits per heavy atom. The van der Waals surface area contributed by atoms with Crippen molar-refractivity contribution in [3.8, 4) is 0 Å². The van der Waals surface area contributed by atoms with Crippen molar-refractivity contribution >= 4 is 29.4 Å². The van der Waals surface area contributed by atoms with Crippen molar-refractivity contribution < 1.29 is 9.59 Å². The van der Waals surface area contributed by atoms with Crippen LogP contribution >= 0.6 is 11.6 Å². The Hall–Kier alpha value is -2.81. The van der Waals surface area contributed by atoms with Gasteiger partial charge in [0.2, 0.25) is 5.95 Å². The predicted octanol–water partition coefficient (Wildman–Crippen LogP) is 1.36. The molecular weight excluding hydrogens is 382 g/mol. The van der Waals surface area contributed by atoms with E-state index in [0.717, 1.165) is 13.1 Å². The first kappa shape index (κ1) is 19.9. The third-order valence-electron chi connectivity index (χ3n) is 4.62. The number of hydrogen-bond donors (Lipinski definition) is 0. The fourth-order valence-corrected chi connectivity index (χ4v) is 3.17. The molecule has 0 aromatic carbocycles. The van der Waals surface area contributed by atoms with Gasteiger partial charge in [-0.1, -0.05) is 11.6 Å². The van der Waals surface area contributed by atoms with Crippen LogP contribution < -0.4 is 4.90 Å². The van der Waals surface area contributed by atoms with E-state index < -0.39 is 0 Å². The standard InChI is InChI=1S/C18H22ClN7O2/c1-3-24(4-2)18-22-11-13(19)15(23-18)17(28)26-9-7-25(8-10-26)16(27)14-12-20-5-6-21-14/h5-6,11-12H,3-4,7-10H2,1-2H3. The summed E-state index contributed by atoms with van der Waals surface area (Å²) in [5.74, 6) is 0.0331. The van der Waals surface area contributed by atoms with Crippen LogP contribution in [0.25, 0.3) is 0 Å². The van der Waals surface area contributed by atoms with Crippen LogP contribution in [0.5, 0.6) is 0 Å². The van der Waals surface area contributed by atoms with Crippen LogP contribution in [0, 0.1) is 0 Å². The Balaban J connectivity index is 1.68. The van der Waals surface area contributed by atoms with Gasteiger partial charge in [0.05, 0.1) is 17.4 Å². The molecule has 1 aliphatic rings.